The summed E-state index contributed by atoms with van der Waals surface area (Å²) < 4.78 is 7.59. The fraction of sp³-hybridized carbons (Fsp3) is 0.241. The number of benzene rings is 3. The van der Waals surface area contributed by atoms with E-state index in [-0.39, 0.29) is 18.3 Å². The number of phenols is 1. The van der Waals surface area contributed by atoms with Gasteiger partial charge in [0.2, 0.25) is 0 Å². The lowest BCUT2D eigenvalue weighted by atomic mass is 9.95. The summed E-state index contributed by atoms with van der Waals surface area (Å²) in [6.07, 6.45) is 1.77. The third-order valence-corrected chi connectivity index (χ3v) is 7.53. The Kier molecular flexibility index (Phi) is 6.95. The molecule has 0 amide bonds. The van der Waals surface area contributed by atoms with E-state index in [9.17, 15) is 9.90 Å². The number of hydrogen-bond acceptors (Lipinski definition) is 6. The number of nitrogens with zero attached hydrogens (tertiary/aromatic N) is 3. The van der Waals surface area contributed by atoms with Crippen molar-refractivity contribution in [3.63, 3.8) is 0 Å². The van der Waals surface area contributed by atoms with Crippen molar-refractivity contribution in [3.8, 4) is 16.9 Å². The fourth-order valence-corrected chi connectivity index (χ4v) is 5.77. The van der Waals surface area contributed by atoms with Crippen LogP contribution in [0.15, 0.2) is 65.7 Å². The molecule has 0 saturated carbocycles. The number of phenolic OH excluding ortho intramolecular Hbond substituents is 1. The Morgan fingerprint density at radius 1 is 1.16 bits per heavy atom. The van der Waals surface area contributed by atoms with Crippen molar-refractivity contribution >= 4 is 39.5 Å². The van der Waals surface area contributed by atoms with Crippen LogP contribution in [0.2, 0.25) is 0 Å². The molecule has 2 heterocycles. The van der Waals surface area contributed by atoms with Gasteiger partial charge in [0.1, 0.15) is 5.75 Å². The first-order valence-corrected chi connectivity index (χ1v) is 13.2. The molecule has 0 fully saturated rings. The summed E-state index contributed by atoms with van der Waals surface area (Å²) in [5.74, 6) is 0.383. The minimum atomic E-state index is -0.372. The van der Waals surface area contributed by atoms with Gasteiger partial charge in [-0.25, -0.2) is 4.79 Å². The quantitative estimate of drug-likeness (QED) is 0.196. The average molecular weight is 515 g/mol. The molecule has 5 rings (SSSR count). The van der Waals surface area contributed by atoms with Crippen LogP contribution in [0.5, 0.6) is 5.75 Å². The molecule has 0 bridgehead atoms. The SMILES string of the molecule is CCOC(=O)c1c(CSc2ccccc2)n(C)c2cc(-c3ccc4[nH]ncc4c3)c(O)c(CN(C)C)c12. The Morgan fingerprint density at radius 2 is 1.95 bits per heavy atom. The van der Waals surface area contributed by atoms with E-state index in [2.05, 4.69) is 26.9 Å². The molecule has 7 nitrogen and oxygen atoms in total. The van der Waals surface area contributed by atoms with Gasteiger partial charge in [0.25, 0.3) is 0 Å². The maximum Gasteiger partial charge on any atom is 0.340 e. The zero-order valence-corrected chi connectivity index (χ0v) is 22.2. The van der Waals surface area contributed by atoms with Gasteiger partial charge in [-0.05, 0) is 56.9 Å². The van der Waals surface area contributed by atoms with E-state index in [1.54, 1.807) is 18.0 Å². The van der Waals surface area contributed by atoms with Crippen LogP contribution in [-0.4, -0.2) is 51.4 Å². The van der Waals surface area contributed by atoms with E-state index in [4.69, 9.17) is 4.74 Å². The van der Waals surface area contributed by atoms with Crippen LogP contribution >= 0.6 is 11.8 Å². The van der Waals surface area contributed by atoms with E-state index < -0.39 is 0 Å². The van der Waals surface area contributed by atoms with Gasteiger partial charge in [-0.3, -0.25) is 5.10 Å². The summed E-state index contributed by atoms with van der Waals surface area (Å²) in [7, 11) is 5.88. The Morgan fingerprint density at radius 3 is 2.68 bits per heavy atom. The summed E-state index contributed by atoms with van der Waals surface area (Å²) in [6.45, 7) is 2.55. The Balaban J connectivity index is 1.75. The van der Waals surface area contributed by atoms with Crippen LogP contribution < -0.4 is 0 Å². The first-order valence-electron chi connectivity index (χ1n) is 12.2. The van der Waals surface area contributed by atoms with E-state index >= 15 is 0 Å². The molecule has 8 heteroatoms. The zero-order chi connectivity index (χ0) is 26.1. The van der Waals surface area contributed by atoms with Gasteiger partial charge in [0.05, 0.1) is 29.4 Å². The number of carbonyl (C=O) groups is 1. The lowest BCUT2D eigenvalue weighted by Gasteiger charge is -2.17. The smallest absolute Gasteiger partial charge is 0.340 e. The van der Waals surface area contributed by atoms with Crippen molar-refractivity contribution in [1.82, 2.24) is 19.7 Å². The first-order chi connectivity index (χ1) is 17.9. The van der Waals surface area contributed by atoms with Gasteiger partial charge in [-0.15, -0.1) is 11.8 Å². The van der Waals surface area contributed by atoms with Crippen LogP contribution in [0.4, 0.5) is 0 Å². The molecule has 0 spiro atoms. The largest absolute Gasteiger partial charge is 0.507 e. The highest BCUT2D eigenvalue weighted by Gasteiger charge is 2.28. The van der Waals surface area contributed by atoms with Crippen LogP contribution in [0, 0.1) is 0 Å². The van der Waals surface area contributed by atoms with Gasteiger partial charge in [0.15, 0.2) is 0 Å². The topological polar surface area (TPSA) is 83.4 Å². The van der Waals surface area contributed by atoms with Crippen LogP contribution in [0.1, 0.15) is 28.5 Å². The van der Waals surface area contributed by atoms with Crippen molar-refractivity contribution in [2.24, 2.45) is 7.05 Å². The molecule has 2 aromatic heterocycles. The second kappa shape index (κ2) is 10.3. The Labute approximate surface area is 220 Å². The monoisotopic (exact) mass is 514 g/mol. The third kappa shape index (κ3) is 4.70. The van der Waals surface area contributed by atoms with E-state index in [1.165, 1.54) is 0 Å². The molecule has 37 heavy (non-hydrogen) atoms. The zero-order valence-electron chi connectivity index (χ0n) is 21.4. The number of H-pyrrole nitrogens is 1. The Hall–Kier alpha value is -3.75. The molecule has 0 radical (unpaired) electrons. The molecule has 2 N–H and O–H groups in total. The highest BCUT2D eigenvalue weighted by Crippen LogP contribution is 2.43. The maximum atomic E-state index is 13.4. The average Bonchev–Trinajstić information content (AvgIpc) is 3.46. The van der Waals surface area contributed by atoms with Crippen molar-refractivity contribution in [2.45, 2.75) is 24.1 Å². The van der Waals surface area contributed by atoms with Gasteiger partial charge in [-0.1, -0.05) is 24.3 Å². The first kappa shape index (κ1) is 24.9. The summed E-state index contributed by atoms with van der Waals surface area (Å²) in [5.41, 5.74) is 5.50. The molecule has 0 unspecified atom stereocenters. The fourth-order valence-electron chi connectivity index (χ4n) is 4.77. The van der Waals surface area contributed by atoms with Crippen molar-refractivity contribution < 1.29 is 14.6 Å². The maximum absolute atomic E-state index is 13.4. The van der Waals surface area contributed by atoms with E-state index in [0.717, 1.165) is 38.0 Å². The number of thioether (sulfide) groups is 1. The predicted octanol–water partition coefficient (Wildman–Crippen LogP) is 5.96. The standard InChI is InChI=1S/C29H30N4O3S/c1-5-36-29(35)27-25(17-37-20-9-7-6-8-10-20)33(4)24-14-21(28(34)22(26(24)27)16-32(2)3)18-11-12-23-19(13-18)15-30-31-23/h6-15,34H,5,16-17H2,1-4H3,(H,30,31). The molecule has 0 saturated heterocycles. The molecule has 0 aliphatic rings. The van der Waals surface area contributed by atoms with Crippen molar-refractivity contribution in [1.29, 1.82) is 0 Å². The Bertz CT molecular complexity index is 1590. The molecule has 5 aromatic rings. The van der Waals surface area contributed by atoms with Gasteiger partial charge >= 0.3 is 5.97 Å². The molecule has 0 atom stereocenters. The number of fused-ring (bicyclic) bond motifs is 2. The highest BCUT2D eigenvalue weighted by atomic mass is 32.2. The van der Waals surface area contributed by atoms with Crippen molar-refractivity contribution in [3.05, 3.63) is 77.6 Å². The minimum Gasteiger partial charge on any atom is -0.507 e. The predicted molar refractivity (Wildman–Crippen MR) is 149 cm³/mol. The molecular weight excluding hydrogens is 484 g/mol. The van der Waals surface area contributed by atoms with Crippen molar-refractivity contribution in [2.75, 3.05) is 20.7 Å². The number of aryl methyl sites for hydroxylation is 1. The number of aromatic nitrogens is 3. The summed E-state index contributed by atoms with van der Waals surface area (Å²) in [6, 6.07) is 18.1. The highest BCUT2D eigenvalue weighted by molar-refractivity contribution is 7.98. The number of carbonyl (C=O) groups excluding carboxylic acids is 1. The van der Waals surface area contributed by atoms with Gasteiger partial charge in [-0.2, -0.15) is 5.10 Å². The van der Waals surface area contributed by atoms with E-state index in [0.29, 0.717) is 29.0 Å². The number of ether oxygens (including phenoxy) is 1. The number of esters is 1. The number of nitrogens with one attached hydrogen (secondary N) is 1. The molecular formula is C29H30N4O3S. The molecule has 0 aliphatic carbocycles. The molecule has 0 aliphatic heterocycles. The molecule has 190 valence electrons. The van der Waals surface area contributed by atoms with Crippen LogP contribution in [-0.2, 0) is 24.1 Å². The summed E-state index contributed by atoms with van der Waals surface area (Å²) >= 11 is 1.67. The number of aromatic hydroxyl groups is 1. The number of rotatable bonds is 8. The number of hydrogen-bond donors (Lipinski definition) is 2. The van der Waals surface area contributed by atoms with Gasteiger partial charge < -0.3 is 19.3 Å². The molecule has 3 aromatic carbocycles. The third-order valence-electron chi connectivity index (χ3n) is 6.51. The summed E-state index contributed by atoms with van der Waals surface area (Å²) in [5, 5.41) is 20.4. The van der Waals surface area contributed by atoms with Crippen LogP contribution in [0.3, 0.4) is 0 Å². The lowest BCUT2D eigenvalue weighted by molar-refractivity contribution is 0.0527. The lowest BCUT2D eigenvalue weighted by Crippen LogP contribution is -2.13. The summed E-state index contributed by atoms with van der Waals surface area (Å²) in [4.78, 5) is 16.5. The normalized spacial score (nSPS) is 11.6. The second-order valence-electron chi connectivity index (χ2n) is 9.26. The minimum absolute atomic E-state index is 0.169. The van der Waals surface area contributed by atoms with E-state index in [1.807, 2.05) is 75.4 Å². The van der Waals surface area contributed by atoms with Crippen LogP contribution in [0.25, 0.3) is 32.9 Å². The number of aromatic amines is 1. The van der Waals surface area contributed by atoms with Gasteiger partial charge in [0, 0.05) is 51.8 Å². The second-order valence-corrected chi connectivity index (χ2v) is 10.3.